The number of hydrogen-bond acceptors (Lipinski definition) is 5. The van der Waals surface area contributed by atoms with E-state index < -0.39 is 31.5 Å². The van der Waals surface area contributed by atoms with Gasteiger partial charge in [0.15, 0.2) is 9.84 Å². The highest BCUT2D eigenvalue weighted by Gasteiger charge is 2.26. The van der Waals surface area contributed by atoms with E-state index in [-0.39, 0.29) is 17.2 Å². The van der Waals surface area contributed by atoms with Crippen LogP contribution in [0.2, 0.25) is 0 Å². The van der Waals surface area contributed by atoms with Crippen LogP contribution < -0.4 is 5.32 Å². The van der Waals surface area contributed by atoms with Crippen molar-refractivity contribution in [2.45, 2.75) is 50.5 Å². The Kier molecular flexibility index (Phi) is 7.81. The summed E-state index contributed by atoms with van der Waals surface area (Å²) in [6, 6.07) is 6.32. The molecule has 1 aliphatic rings. The third-order valence-corrected chi connectivity index (χ3v) is 8.05. The van der Waals surface area contributed by atoms with Gasteiger partial charge in [-0.2, -0.15) is 4.31 Å². The van der Waals surface area contributed by atoms with Crippen LogP contribution >= 0.6 is 0 Å². The second-order valence-corrected chi connectivity index (χ2v) is 11.0. The lowest BCUT2D eigenvalue weighted by Crippen LogP contribution is -2.31. The van der Waals surface area contributed by atoms with Crippen LogP contribution in [0.25, 0.3) is 0 Å². The molecule has 1 fully saturated rings. The van der Waals surface area contributed by atoms with Crippen LogP contribution in [0.5, 0.6) is 0 Å². The molecular formula is C18H28N2O5S2. The van der Waals surface area contributed by atoms with Crippen molar-refractivity contribution in [1.82, 2.24) is 9.62 Å². The van der Waals surface area contributed by atoms with Crippen molar-refractivity contribution < 1.29 is 21.6 Å². The summed E-state index contributed by atoms with van der Waals surface area (Å²) < 4.78 is 50.2. The highest BCUT2D eigenvalue weighted by molar-refractivity contribution is 7.92. The van der Waals surface area contributed by atoms with Crippen LogP contribution in [0.15, 0.2) is 29.2 Å². The van der Waals surface area contributed by atoms with Gasteiger partial charge in [0.2, 0.25) is 15.9 Å². The van der Waals surface area contributed by atoms with Gasteiger partial charge in [-0.05, 0) is 37.0 Å². The molecule has 0 bridgehead atoms. The molecule has 9 heteroatoms. The van der Waals surface area contributed by atoms with Crippen LogP contribution in [0.4, 0.5) is 0 Å². The summed E-state index contributed by atoms with van der Waals surface area (Å²) in [6.07, 6.45) is 4.08. The molecule has 152 valence electrons. The maximum Gasteiger partial charge on any atom is 0.243 e. The fourth-order valence-electron chi connectivity index (χ4n) is 2.95. The molecule has 0 spiro atoms. The number of unbranched alkanes of at least 4 members (excludes halogenated alkanes) is 2. The number of carbonyl (C=O) groups is 1. The first-order chi connectivity index (χ1) is 12.7. The lowest BCUT2D eigenvalue weighted by atomic mass is 10.2. The van der Waals surface area contributed by atoms with Crippen LogP contribution in [-0.4, -0.2) is 51.6 Å². The predicted molar refractivity (Wildman–Crippen MR) is 104 cm³/mol. The van der Waals surface area contributed by atoms with Crippen LogP contribution in [0.1, 0.15) is 44.6 Å². The second kappa shape index (κ2) is 9.66. The Bertz CT molecular complexity index is 827. The number of benzene rings is 1. The Morgan fingerprint density at radius 3 is 2.26 bits per heavy atom. The van der Waals surface area contributed by atoms with Gasteiger partial charge in [-0.15, -0.1) is 0 Å². The number of carbonyl (C=O) groups excluding carboxylic acids is 1. The molecule has 7 nitrogen and oxygen atoms in total. The van der Waals surface area contributed by atoms with E-state index in [1.807, 2.05) is 6.92 Å². The summed E-state index contributed by atoms with van der Waals surface area (Å²) in [5.41, 5.74) is 0.715. The van der Waals surface area contributed by atoms with E-state index in [0.717, 1.165) is 25.7 Å². The second-order valence-electron chi connectivity index (χ2n) is 6.83. The molecule has 0 atom stereocenters. The number of nitrogens with zero attached hydrogens (tertiary/aromatic N) is 1. The topological polar surface area (TPSA) is 101 Å². The quantitative estimate of drug-likeness (QED) is 0.585. The lowest BCUT2D eigenvalue weighted by Gasteiger charge is -2.15. The van der Waals surface area contributed by atoms with Crippen molar-refractivity contribution in [1.29, 1.82) is 0 Å². The molecule has 27 heavy (non-hydrogen) atoms. The minimum Gasteiger partial charge on any atom is -0.351 e. The zero-order valence-electron chi connectivity index (χ0n) is 15.7. The smallest absolute Gasteiger partial charge is 0.243 e. The number of amides is 1. The van der Waals surface area contributed by atoms with E-state index in [9.17, 15) is 21.6 Å². The largest absolute Gasteiger partial charge is 0.351 e. The Hall–Kier alpha value is -1.45. The minimum absolute atomic E-state index is 0.0251. The van der Waals surface area contributed by atoms with E-state index in [0.29, 0.717) is 25.1 Å². The first kappa shape index (κ1) is 21.8. The SMILES string of the molecule is CCCCCS(=O)(=O)CC(=O)NCc1ccc(S(=O)(=O)N2CCCC2)cc1. The van der Waals surface area contributed by atoms with Crippen molar-refractivity contribution in [2.75, 3.05) is 24.6 Å². The molecule has 1 aromatic carbocycles. The van der Waals surface area contributed by atoms with Gasteiger partial charge in [0, 0.05) is 19.6 Å². The molecule has 0 saturated carbocycles. The van der Waals surface area contributed by atoms with Gasteiger partial charge in [-0.3, -0.25) is 4.79 Å². The summed E-state index contributed by atoms with van der Waals surface area (Å²) in [6.45, 7) is 3.24. The third kappa shape index (κ3) is 6.58. The van der Waals surface area contributed by atoms with Crippen LogP contribution in [-0.2, 0) is 31.2 Å². The summed E-state index contributed by atoms with van der Waals surface area (Å²) in [7, 11) is -6.85. The van der Waals surface area contributed by atoms with E-state index in [1.165, 1.54) is 16.4 Å². The van der Waals surface area contributed by atoms with Gasteiger partial charge in [0.1, 0.15) is 5.75 Å². The number of sulfone groups is 1. The molecule has 1 heterocycles. The van der Waals surface area contributed by atoms with E-state index in [2.05, 4.69) is 5.32 Å². The Balaban J connectivity index is 1.87. The molecule has 0 aliphatic carbocycles. The number of nitrogens with one attached hydrogen (secondary N) is 1. The molecule has 1 amide bonds. The van der Waals surface area contributed by atoms with Gasteiger partial charge in [0.05, 0.1) is 10.6 Å². The summed E-state index contributed by atoms with van der Waals surface area (Å²) in [5, 5.41) is 2.58. The maximum absolute atomic E-state index is 12.5. The zero-order chi connectivity index (χ0) is 19.9. The van der Waals surface area contributed by atoms with Crippen molar-refractivity contribution in [3.63, 3.8) is 0 Å². The van der Waals surface area contributed by atoms with E-state index >= 15 is 0 Å². The average Bonchev–Trinajstić information content (AvgIpc) is 3.15. The maximum atomic E-state index is 12.5. The highest BCUT2D eigenvalue weighted by atomic mass is 32.2. The van der Waals surface area contributed by atoms with Crippen molar-refractivity contribution in [3.05, 3.63) is 29.8 Å². The lowest BCUT2D eigenvalue weighted by molar-refractivity contribution is -0.118. The normalized spacial score (nSPS) is 15.7. The predicted octanol–water partition coefficient (Wildman–Crippen LogP) is 1.69. The van der Waals surface area contributed by atoms with Crippen molar-refractivity contribution in [3.8, 4) is 0 Å². The van der Waals surface area contributed by atoms with E-state index in [1.54, 1.807) is 12.1 Å². The Morgan fingerprint density at radius 2 is 1.67 bits per heavy atom. The summed E-state index contributed by atoms with van der Waals surface area (Å²) >= 11 is 0. The first-order valence-electron chi connectivity index (χ1n) is 9.31. The molecule has 1 saturated heterocycles. The van der Waals surface area contributed by atoms with Crippen molar-refractivity contribution >= 4 is 25.8 Å². The van der Waals surface area contributed by atoms with Gasteiger partial charge in [-0.1, -0.05) is 31.9 Å². The van der Waals surface area contributed by atoms with Gasteiger partial charge in [-0.25, -0.2) is 16.8 Å². The molecule has 2 rings (SSSR count). The Morgan fingerprint density at radius 1 is 1.04 bits per heavy atom. The van der Waals surface area contributed by atoms with Gasteiger partial charge in [0.25, 0.3) is 0 Å². The fraction of sp³-hybridized carbons (Fsp3) is 0.611. The monoisotopic (exact) mass is 416 g/mol. The number of rotatable bonds is 10. The van der Waals surface area contributed by atoms with E-state index in [4.69, 9.17) is 0 Å². The standard InChI is InChI=1S/C18H28N2O5S2/c1-2-3-6-13-26(22,23)15-18(21)19-14-16-7-9-17(10-8-16)27(24,25)20-11-4-5-12-20/h7-10H,2-6,11-15H2,1H3,(H,19,21). The highest BCUT2D eigenvalue weighted by Crippen LogP contribution is 2.21. The van der Waals surface area contributed by atoms with Crippen molar-refractivity contribution in [2.24, 2.45) is 0 Å². The molecule has 1 N–H and O–H groups in total. The summed E-state index contributed by atoms with van der Waals surface area (Å²) in [4.78, 5) is 12.1. The molecule has 0 aromatic heterocycles. The van der Waals surface area contributed by atoms with Crippen LogP contribution in [0, 0.1) is 0 Å². The summed E-state index contributed by atoms with van der Waals surface area (Å²) in [5.74, 6) is -1.03. The Labute approximate surface area is 162 Å². The average molecular weight is 417 g/mol. The molecular weight excluding hydrogens is 388 g/mol. The molecule has 1 aliphatic heterocycles. The molecule has 0 unspecified atom stereocenters. The minimum atomic E-state index is -3.46. The third-order valence-electron chi connectivity index (χ3n) is 4.53. The molecule has 0 radical (unpaired) electrons. The van der Waals surface area contributed by atoms with Crippen LogP contribution in [0.3, 0.4) is 0 Å². The number of sulfonamides is 1. The first-order valence-corrected chi connectivity index (χ1v) is 12.6. The number of hydrogen-bond donors (Lipinski definition) is 1. The molecule has 1 aromatic rings. The zero-order valence-corrected chi connectivity index (χ0v) is 17.3. The van der Waals surface area contributed by atoms with Gasteiger partial charge < -0.3 is 5.32 Å². The van der Waals surface area contributed by atoms with Gasteiger partial charge >= 0.3 is 0 Å². The fourth-order valence-corrected chi connectivity index (χ4v) is 5.76.